The molecule has 1 amide bonds. The number of hydrogen-bond acceptors (Lipinski definition) is 6. The Kier molecular flexibility index (Phi) is 5.87. The van der Waals surface area contributed by atoms with Crippen molar-refractivity contribution < 1.29 is 27.5 Å². The van der Waals surface area contributed by atoms with E-state index in [9.17, 15) is 22.8 Å². The molecule has 1 aliphatic rings. The van der Waals surface area contributed by atoms with Crippen LogP contribution in [-0.4, -0.2) is 32.2 Å². The van der Waals surface area contributed by atoms with Gasteiger partial charge in [-0.2, -0.15) is 0 Å². The molecule has 174 valence electrons. The van der Waals surface area contributed by atoms with Crippen molar-refractivity contribution >= 4 is 33.2 Å². The van der Waals surface area contributed by atoms with E-state index in [1.807, 2.05) is 32.9 Å². The van der Waals surface area contributed by atoms with Crippen molar-refractivity contribution in [2.45, 2.75) is 43.6 Å². The number of sulfone groups is 1. The number of rotatable bonds is 4. The van der Waals surface area contributed by atoms with E-state index >= 15 is 0 Å². The lowest BCUT2D eigenvalue weighted by Gasteiger charge is -2.20. The third-order valence-corrected chi connectivity index (χ3v) is 7.60. The molecule has 0 bridgehead atoms. The van der Waals surface area contributed by atoms with Crippen molar-refractivity contribution in [2.24, 2.45) is 0 Å². The summed E-state index contributed by atoms with van der Waals surface area (Å²) in [7, 11) is -4.00. The highest BCUT2D eigenvalue weighted by atomic mass is 32.2. The fourth-order valence-corrected chi connectivity index (χ4v) is 5.77. The van der Waals surface area contributed by atoms with Crippen LogP contribution in [0.15, 0.2) is 64.4 Å². The van der Waals surface area contributed by atoms with E-state index in [4.69, 9.17) is 4.74 Å². The monoisotopic (exact) mass is 477 g/mol. The van der Waals surface area contributed by atoms with Crippen molar-refractivity contribution in [1.82, 2.24) is 0 Å². The quantitative estimate of drug-likeness (QED) is 0.442. The Morgan fingerprint density at radius 3 is 2.18 bits per heavy atom. The minimum Gasteiger partial charge on any atom is -0.449 e. The summed E-state index contributed by atoms with van der Waals surface area (Å²) in [4.78, 5) is 37.8. The first-order chi connectivity index (χ1) is 16.0. The largest absolute Gasteiger partial charge is 0.449 e. The van der Waals surface area contributed by atoms with Gasteiger partial charge in [0.15, 0.2) is 11.9 Å². The van der Waals surface area contributed by atoms with E-state index in [1.165, 1.54) is 37.3 Å². The molecule has 1 aliphatic heterocycles. The van der Waals surface area contributed by atoms with Crippen molar-refractivity contribution in [2.75, 3.05) is 5.32 Å². The van der Waals surface area contributed by atoms with Crippen LogP contribution in [0.5, 0.6) is 0 Å². The third kappa shape index (κ3) is 4.01. The summed E-state index contributed by atoms with van der Waals surface area (Å²) >= 11 is 0. The summed E-state index contributed by atoms with van der Waals surface area (Å²) in [6.45, 7) is 7.14. The maximum absolute atomic E-state index is 13.1. The number of ketones is 1. The predicted octanol–water partition coefficient (Wildman–Crippen LogP) is 4.17. The van der Waals surface area contributed by atoms with E-state index in [0.29, 0.717) is 5.69 Å². The van der Waals surface area contributed by atoms with E-state index in [0.717, 1.165) is 22.8 Å². The molecule has 0 saturated carbocycles. The van der Waals surface area contributed by atoms with Gasteiger partial charge in [-0.25, -0.2) is 13.2 Å². The highest BCUT2D eigenvalue weighted by Gasteiger charge is 2.35. The Balaban J connectivity index is 1.56. The van der Waals surface area contributed by atoms with Gasteiger partial charge < -0.3 is 10.1 Å². The first-order valence-electron chi connectivity index (χ1n) is 10.6. The summed E-state index contributed by atoms with van der Waals surface area (Å²) < 4.78 is 31.4. The van der Waals surface area contributed by atoms with Gasteiger partial charge in [0.2, 0.25) is 9.84 Å². The molecule has 34 heavy (non-hydrogen) atoms. The number of anilines is 1. The van der Waals surface area contributed by atoms with Crippen molar-refractivity contribution in [3.63, 3.8) is 0 Å². The van der Waals surface area contributed by atoms with Crippen LogP contribution in [0.3, 0.4) is 0 Å². The number of amides is 1. The number of carbonyl (C=O) groups is 3. The van der Waals surface area contributed by atoms with Gasteiger partial charge in [-0.1, -0.05) is 29.8 Å². The van der Waals surface area contributed by atoms with Gasteiger partial charge in [0.05, 0.1) is 15.4 Å². The molecule has 0 aromatic heterocycles. The van der Waals surface area contributed by atoms with Gasteiger partial charge in [0.25, 0.3) is 5.91 Å². The molecule has 3 aromatic carbocycles. The zero-order chi connectivity index (χ0) is 24.8. The highest BCUT2D eigenvalue weighted by Crippen LogP contribution is 2.35. The number of esters is 1. The second kappa shape index (κ2) is 8.53. The van der Waals surface area contributed by atoms with Gasteiger partial charge in [-0.05, 0) is 69.2 Å². The molecular weight excluding hydrogens is 454 g/mol. The summed E-state index contributed by atoms with van der Waals surface area (Å²) in [6, 6.07) is 13.6. The normalized spacial score (nSPS) is 14.5. The maximum atomic E-state index is 13.1. The number of carbonyl (C=O) groups excluding carboxylic acids is 3. The van der Waals surface area contributed by atoms with Gasteiger partial charge in [-0.15, -0.1) is 0 Å². The zero-order valence-corrected chi connectivity index (χ0v) is 19.9. The van der Waals surface area contributed by atoms with Gasteiger partial charge in [-0.3, -0.25) is 9.59 Å². The van der Waals surface area contributed by atoms with Crippen molar-refractivity contribution in [3.8, 4) is 0 Å². The number of nitrogens with one attached hydrogen (secondary N) is 1. The number of fused-ring (bicyclic) bond motifs is 2. The van der Waals surface area contributed by atoms with Crippen LogP contribution in [0.4, 0.5) is 5.69 Å². The minimum atomic E-state index is -4.00. The summed E-state index contributed by atoms with van der Waals surface area (Å²) in [5.74, 6) is -1.82. The predicted molar refractivity (Wildman–Crippen MR) is 126 cm³/mol. The second-order valence-corrected chi connectivity index (χ2v) is 10.2. The average molecular weight is 478 g/mol. The summed E-state index contributed by atoms with van der Waals surface area (Å²) in [5.41, 5.74) is 3.50. The van der Waals surface area contributed by atoms with Gasteiger partial charge in [0.1, 0.15) is 0 Å². The topological polar surface area (TPSA) is 107 Å². The van der Waals surface area contributed by atoms with Gasteiger partial charge >= 0.3 is 5.97 Å². The molecule has 8 heteroatoms. The molecule has 7 nitrogen and oxygen atoms in total. The third-order valence-electron chi connectivity index (χ3n) is 5.75. The molecule has 0 radical (unpaired) electrons. The molecule has 0 fully saturated rings. The molecule has 3 aromatic rings. The Morgan fingerprint density at radius 1 is 0.882 bits per heavy atom. The highest BCUT2D eigenvalue weighted by molar-refractivity contribution is 7.91. The lowest BCUT2D eigenvalue weighted by atomic mass is 10.0. The van der Waals surface area contributed by atoms with Crippen molar-refractivity contribution in [3.05, 3.63) is 88.0 Å². The summed E-state index contributed by atoms with van der Waals surface area (Å²) in [5, 5.41) is 2.79. The van der Waals surface area contributed by atoms with Crippen LogP contribution < -0.4 is 5.32 Å². The van der Waals surface area contributed by atoms with Crippen LogP contribution in [0.25, 0.3) is 0 Å². The Labute approximate surface area is 197 Å². The van der Waals surface area contributed by atoms with Crippen LogP contribution in [0.2, 0.25) is 0 Å². The number of hydrogen-bond donors (Lipinski definition) is 1. The zero-order valence-electron chi connectivity index (χ0n) is 19.1. The van der Waals surface area contributed by atoms with Crippen LogP contribution in [0, 0.1) is 20.8 Å². The fourth-order valence-electron chi connectivity index (χ4n) is 4.10. The Hall–Kier alpha value is -3.78. The molecule has 0 spiro atoms. The molecule has 0 saturated heterocycles. The van der Waals surface area contributed by atoms with Crippen molar-refractivity contribution in [1.29, 1.82) is 0 Å². The summed E-state index contributed by atoms with van der Waals surface area (Å²) in [6.07, 6.45) is -1.14. The number of aryl methyl sites for hydroxylation is 3. The molecular formula is C26H23NO6S. The molecule has 1 heterocycles. The van der Waals surface area contributed by atoms with E-state index < -0.39 is 33.6 Å². The molecule has 0 aliphatic carbocycles. The number of ether oxygens (including phenoxy) is 1. The molecule has 4 rings (SSSR count). The second-order valence-electron chi connectivity index (χ2n) is 8.35. The lowest BCUT2D eigenvalue weighted by Crippen LogP contribution is -2.30. The average Bonchev–Trinajstić information content (AvgIpc) is 2.79. The number of benzene rings is 3. The van der Waals surface area contributed by atoms with Crippen LogP contribution in [0.1, 0.15) is 49.9 Å². The minimum absolute atomic E-state index is 0.00800. The van der Waals surface area contributed by atoms with E-state index in [2.05, 4.69) is 5.32 Å². The van der Waals surface area contributed by atoms with E-state index in [-0.39, 0.29) is 26.5 Å². The van der Waals surface area contributed by atoms with Crippen LogP contribution in [-0.2, 0) is 19.4 Å². The molecule has 1 N–H and O–H groups in total. The fraction of sp³-hybridized carbons (Fsp3) is 0.192. The molecule has 0 unspecified atom stereocenters. The van der Waals surface area contributed by atoms with Gasteiger partial charge in [0, 0.05) is 16.8 Å². The Morgan fingerprint density at radius 2 is 1.50 bits per heavy atom. The standard InChI is InChI=1S/C26H23NO6S/c1-14-11-15(2)23(16(3)12-14)27-25(29)17(4)33-26(30)18-9-10-20-22(13-18)34(31,32)21-8-6-5-7-19(21)24(20)28/h5-13,17H,1-4H3,(H,27,29)/t17-/m0/s1. The first-order valence-corrected chi connectivity index (χ1v) is 12.1. The smallest absolute Gasteiger partial charge is 0.338 e. The maximum Gasteiger partial charge on any atom is 0.338 e. The lowest BCUT2D eigenvalue weighted by molar-refractivity contribution is -0.123. The first kappa shape index (κ1) is 23.4. The Bertz CT molecular complexity index is 1450. The van der Waals surface area contributed by atoms with E-state index in [1.54, 1.807) is 6.07 Å². The SMILES string of the molecule is Cc1cc(C)c(NC(=O)[C@H](C)OC(=O)c2ccc3c(c2)S(=O)(=O)c2ccccc2C3=O)c(C)c1. The molecule has 1 atom stereocenters. The van der Waals surface area contributed by atoms with Crippen LogP contribution >= 0.6 is 0 Å².